The van der Waals surface area contributed by atoms with Crippen LogP contribution in [0.3, 0.4) is 0 Å². The molecule has 10 heteroatoms. The molecule has 0 radical (unpaired) electrons. The lowest BCUT2D eigenvalue weighted by Crippen LogP contribution is -2.38. The molecule has 2 aromatic rings. The van der Waals surface area contributed by atoms with E-state index in [1.165, 1.54) is 6.07 Å². The summed E-state index contributed by atoms with van der Waals surface area (Å²) in [4.78, 5) is 11.3. The lowest BCUT2D eigenvalue weighted by molar-refractivity contribution is -0.162. The summed E-state index contributed by atoms with van der Waals surface area (Å²) in [6.07, 6.45) is 0.0469. The van der Waals surface area contributed by atoms with Crippen molar-refractivity contribution in [1.82, 2.24) is 0 Å². The van der Waals surface area contributed by atoms with Crippen molar-refractivity contribution < 1.29 is 40.8 Å². The van der Waals surface area contributed by atoms with Crippen LogP contribution in [0.15, 0.2) is 36.4 Å². The van der Waals surface area contributed by atoms with Crippen LogP contribution in [0, 0.1) is 0 Å². The van der Waals surface area contributed by atoms with Crippen molar-refractivity contribution in [3.8, 4) is 5.75 Å². The summed E-state index contributed by atoms with van der Waals surface area (Å²) in [7, 11) is -6.15. The smallest absolute Gasteiger partial charge is 0.428 e. The van der Waals surface area contributed by atoms with Gasteiger partial charge in [0, 0.05) is 5.39 Å². The summed E-state index contributed by atoms with van der Waals surface area (Å²) in [5.74, 6) is -1.87. The van der Waals surface area contributed by atoms with Crippen molar-refractivity contribution in [3.05, 3.63) is 42.0 Å². The van der Waals surface area contributed by atoms with E-state index in [1.54, 1.807) is 30.3 Å². The molecule has 1 aliphatic rings. The highest BCUT2D eigenvalue weighted by molar-refractivity contribution is 7.87. The lowest BCUT2D eigenvalue weighted by Gasteiger charge is -2.18. The van der Waals surface area contributed by atoms with Gasteiger partial charge in [0.1, 0.15) is 25.1 Å². The molecule has 1 saturated heterocycles. The summed E-state index contributed by atoms with van der Waals surface area (Å²) in [6, 6.07) is 9.93. The quantitative estimate of drug-likeness (QED) is 0.405. The minimum atomic E-state index is -6.15. The number of rotatable bonds is 7. The molecule has 0 aromatic heterocycles. The number of fused-ring (bicyclic) bond motifs is 1. The third-order valence-corrected chi connectivity index (χ3v) is 4.51. The fourth-order valence-electron chi connectivity index (χ4n) is 2.26. The highest BCUT2D eigenvalue weighted by Gasteiger charge is 2.48. The summed E-state index contributed by atoms with van der Waals surface area (Å²) in [5, 5.41) is -3.91. The molecule has 1 aliphatic heterocycles. The van der Waals surface area contributed by atoms with Crippen LogP contribution in [0.2, 0.25) is 0 Å². The Morgan fingerprint density at radius 2 is 1.88 bits per heavy atom. The summed E-state index contributed by atoms with van der Waals surface area (Å²) < 4.78 is 72.8. The largest absolute Gasteiger partial charge is 0.743 e. The zero-order chi connectivity index (χ0) is 18.9. The van der Waals surface area contributed by atoms with E-state index in [9.17, 15) is 26.5 Å². The molecular weight excluding hydrogens is 374 g/mol. The van der Waals surface area contributed by atoms with Gasteiger partial charge in [-0.2, -0.15) is 8.78 Å². The Kier molecular flexibility index (Phi) is 4.82. The number of esters is 1. The Balaban J connectivity index is 1.80. The second kappa shape index (κ2) is 6.78. The van der Waals surface area contributed by atoms with Crippen molar-refractivity contribution in [3.63, 3.8) is 0 Å². The zero-order valence-electron chi connectivity index (χ0n) is 13.2. The van der Waals surface area contributed by atoms with E-state index in [2.05, 4.69) is 4.74 Å². The number of halogens is 2. The van der Waals surface area contributed by atoms with Gasteiger partial charge in [-0.25, -0.2) is 13.2 Å². The Morgan fingerprint density at radius 1 is 1.23 bits per heavy atom. The van der Waals surface area contributed by atoms with Gasteiger partial charge in [-0.3, -0.25) is 0 Å². The first-order valence-electron chi connectivity index (χ1n) is 7.45. The molecule has 1 atom stereocenters. The number of hydrogen-bond donors (Lipinski definition) is 0. The van der Waals surface area contributed by atoms with Gasteiger partial charge >= 0.3 is 11.2 Å². The molecule has 1 heterocycles. The average molecular weight is 387 g/mol. The first kappa shape index (κ1) is 18.5. The minimum Gasteiger partial charge on any atom is -0.743 e. The van der Waals surface area contributed by atoms with Crippen molar-refractivity contribution >= 4 is 26.9 Å². The normalized spacial score (nSPS) is 17.1. The van der Waals surface area contributed by atoms with Gasteiger partial charge in [-0.15, -0.1) is 0 Å². The predicted molar refractivity (Wildman–Crippen MR) is 83.6 cm³/mol. The average Bonchev–Trinajstić information content (AvgIpc) is 3.41. The van der Waals surface area contributed by atoms with Crippen molar-refractivity contribution in [2.24, 2.45) is 0 Å². The topological polar surface area (TPSA) is 105 Å². The van der Waals surface area contributed by atoms with Gasteiger partial charge in [0.2, 0.25) is 0 Å². The molecule has 0 N–H and O–H groups in total. The van der Waals surface area contributed by atoms with Gasteiger partial charge in [0.15, 0.2) is 10.1 Å². The van der Waals surface area contributed by atoms with Crippen LogP contribution in [-0.2, 0) is 31.0 Å². The fraction of sp³-hybridized carbons (Fsp3) is 0.312. The fourth-order valence-corrected chi connectivity index (χ4v) is 2.52. The lowest BCUT2D eigenvalue weighted by atomic mass is 10.0. The second-order valence-corrected chi connectivity index (χ2v) is 7.00. The number of hydrogen-bond acceptors (Lipinski definition) is 7. The monoisotopic (exact) mass is 387 g/mol. The van der Waals surface area contributed by atoms with Gasteiger partial charge in [-0.1, -0.05) is 30.3 Å². The number of alkyl halides is 2. The van der Waals surface area contributed by atoms with Crippen LogP contribution in [0.5, 0.6) is 5.75 Å². The molecule has 3 rings (SSSR count). The Labute approximate surface area is 147 Å². The number of ether oxygens (including phenoxy) is 3. The maximum absolute atomic E-state index is 13.2. The van der Waals surface area contributed by atoms with Crippen LogP contribution < -0.4 is 4.74 Å². The Hall–Kier alpha value is -2.30. The molecule has 0 bridgehead atoms. The van der Waals surface area contributed by atoms with E-state index in [0.29, 0.717) is 35.3 Å². The summed E-state index contributed by atoms with van der Waals surface area (Å²) >= 11 is 0. The second-order valence-electron chi connectivity index (χ2n) is 5.58. The third kappa shape index (κ3) is 3.76. The SMILES string of the molecule is O=C(OCc1ccc(OCC2CO2)c2ccccc12)C(F)(F)S(=O)(=O)[O-]. The zero-order valence-corrected chi connectivity index (χ0v) is 14.0. The van der Waals surface area contributed by atoms with Crippen LogP contribution in [0.1, 0.15) is 5.56 Å². The first-order valence-corrected chi connectivity index (χ1v) is 8.86. The van der Waals surface area contributed by atoms with Gasteiger partial charge in [0.05, 0.1) is 6.61 Å². The first-order chi connectivity index (χ1) is 12.2. The number of carbonyl (C=O) groups excluding carboxylic acids is 1. The Bertz CT molecular complexity index is 939. The third-order valence-electron chi connectivity index (χ3n) is 3.71. The molecule has 0 saturated carbocycles. The highest BCUT2D eigenvalue weighted by atomic mass is 32.2. The van der Waals surface area contributed by atoms with Gasteiger partial charge < -0.3 is 18.8 Å². The van der Waals surface area contributed by atoms with Crippen LogP contribution in [-0.4, -0.2) is 43.5 Å². The number of carbonyl (C=O) groups is 1. The van der Waals surface area contributed by atoms with Crippen molar-refractivity contribution in [2.75, 3.05) is 13.2 Å². The molecule has 1 fully saturated rings. The maximum Gasteiger partial charge on any atom is 0.428 e. The van der Waals surface area contributed by atoms with Crippen LogP contribution in [0.4, 0.5) is 8.78 Å². The molecule has 140 valence electrons. The molecule has 0 aliphatic carbocycles. The van der Waals surface area contributed by atoms with E-state index in [0.717, 1.165) is 0 Å². The number of epoxide rings is 1. The van der Waals surface area contributed by atoms with Crippen LogP contribution in [0.25, 0.3) is 10.8 Å². The molecule has 1 unspecified atom stereocenters. The molecule has 2 aromatic carbocycles. The van der Waals surface area contributed by atoms with E-state index in [4.69, 9.17) is 9.47 Å². The van der Waals surface area contributed by atoms with Crippen LogP contribution >= 0.6 is 0 Å². The standard InChI is InChI=1S/C16H14F2O7S/c17-16(18,26(20,21)22)15(19)25-7-10-5-6-14(24-9-11-8-23-11)13-4-2-1-3-12(10)13/h1-6,11H,7-9H2,(H,20,21,22)/p-1. The maximum atomic E-state index is 13.2. The summed E-state index contributed by atoms with van der Waals surface area (Å²) in [6.45, 7) is 0.366. The molecule has 7 nitrogen and oxygen atoms in total. The van der Waals surface area contributed by atoms with Crippen molar-refractivity contribution in [1.29, 1.82) is 0 Å². The minimum absolute atomic E-state index is 0.0469. The highest BCUT2D eigenvalue weighted by Crippen LogP contribution is 2.30. The molecule has 26 heavy (non-hydrogen) atoms. The molecule has 0 spiro atoms. The predicted octanol–water partition coefficient (Wildman–Crippen LogP) is 1.80. The van der Waals surface area contributed by atoms with Gasteiger partial charge in [0.25, 0.3) is 0 Å². The molecular formula is C16H13F2O7S-. The van der Waals surface area contributed by atoms with E-state index in [1.807, 2.05) is 0 Å². The van der Waals surface area contributed by atoms with Gasteiger partial charge in [-0.05, 0) is 17.0 Å². The molecule has 0 amide bonds. The van der Waals surface area contributed by atoms with E-state index in [-0.39, 0.29) is 6.10 Å². The Morgan fingerprint density at radius 3 is 2.50 bits per heavy atom. The van der Waals surface area contributed by atoms with E-state index < -0.39 is 27.9 Å². The van der Waals surface area contributed by atoms with Crippen molar-refractivity contribution in [2.45, 2.75) is 18.0 Å². The summed E-state index contributed by atoms with van der Waals surface area (Å²) in [5.41, 5.74) is 0.350. The number of benzene rings is 2. The van der Waals surface area contributed by atoms with E-state index >= 15 is 0 Å².